The van der Waals surface area contributed by atoms with Crippen molar-refractivity contribution in [3.8, 4) is 0 Å². The molecule has 7 nitrogen and oxygen atoms in total. The maximum Gasteiger partial charge on any atom is 0.243 e. The third-order valence-electron chi connectivity index (χ3n) is 3.96. The van der Waals surface area contributed by atoms with Crippen LogP contribution in [0.15, 0.2) is 27.5 Å². The molecule has 1 aliphatic heterocycles. The molecule has 0 aliphatic carbocycles. The minimum absolute atomic E-state index is 0.175. The second-order valence-electron chi connectivity index (χ2n) is 5.44. The molecule has 0 saturated carbocycles. The summed E-state index contributed by atoms with van der Waals surface area (Å²) in [4.78, 5) is 15.5. The number of aromatic nitrogens is 1. The maximum absolute atomic E-state index is 12.7. The number of hydrogen-bond acceptors (Lipinski definition) is 5. The van der Waals surface area contributed by atoms with Gasteiger partial charge in [-0.25, -0.2) is 13.4 Å². The van der Waals surface area contributed by atoms with Crippen molar-refractivity contribution < 1.29 is 17.6 Å². The Labute approximate surface area is 128 Å². The number of sulfonamides is 1. The Bertz CT molecular complexity index is 820. The average Bonchev–Trinajstić information content (AvgIpc) is 2.86. The highest BCUT2D eigenvalue weighted by molar-refractivity contribution is 7.89. The van der Waals surface area contributed by atoms with E-state index in [4.69, 9.17) is 10.2 Å². The summed E-state index contributed by atoms with van der Waals surface area (Å²) in [6, 6.07) is 4.65. The molecular weight excluding hydrogens is 306 g/mol. The van der Waals surface area contributed by atoms with Crippen LogP contribution in [0.1, 0.15) is 18.7 Å². The molecule has 0 atom stereocenters. The largest absolute Gasteiger partial charge is 0.441 e. The Morgan fingerprint density at radius 3 is 2.68 bits per heavy atom. The van der Waals surface area contributed by atoms with Crippen LogP contribution in [-0.4, -0.2) is 36.7 Å². The summed E-state index contributed by atoms with van der Waals surface area (Å²) >= 11 is 0. The van der Waals surface area contributed by atoms with Crippen molar-refractivity contribution in [3.05, 3.63) is 24.1 Å². The van der Waals surface area contributed by atoms with Crippen molar-refractivity contribution in [1.29, 1.82) is 0 Å². The van der Waals surface area contributed by atoms with E-state index in [9.17, 15) is 13.2 Å². The third kappa shape index (κ3) is 2.59. The number of aryl methyl sites for hydroxylation is 1. The zero-order chi connectivity index (χ0) is 15.9. The maximum atomic E-state index is 12.7. The van der Waals surface area contributed by atoms with Crippen molar-refractivity contribution in [2.24, 2.45) is 11.7 Å². The van der Waals surface area contributed by atoms with E-state index in [1.54, 1.807) is 13.0 Å². The zero-order valence-corrected chi connectivity index (χ0v) is 13.0. The van der Waals surface area contributed by atoms with E-state index in [0.29, 0.717) is 42.9 Å². The average molecular weight is 323 g/mol. The van der Waals surface area contributed by atoms with Gasteiger partial charge in [-0.1, -0.05) is 0 Å². The number of carbonyl (C=O) groups excluding carboxylic acids is 1. The first-order valence-corrected chi connectivity index (χ1v) is 8.48. The lowest BCUT2D eigenvalue weighted by molar-refractivity contribution is -0.122. The molecule has 1 amide bonds. The molecule has 0 radical (unpaired) electrons. The molecule has 1 saturated heterocycles. The van der Waals surface area contributed by atoms with Crippen LogP contribution in [0.2, 0.25) is 0 Å². The number of oxazole rings is 1. The number of benzene rings is 1. The van der Waals surface area contributed by atoms with E-state index in [-0.39, 0.29) is 16.7 Å². The van der Waals surface area contributed by atoms with Crippen LogP contribution in [-0.2, 0) is 14.8 Å². The third-order valence-corrected chi connectivity index (χ3v) is 5.86. The molecule has 118 valence electrons. The molecule has 2 aromatic rings. The van der Waals surface area contributed by atoms with Crippen LogP contribution >= 0.6 is 0 Å². The van der Waals surface area contributed by atoms with Gasteiger partial charge >= 0.3 is 0 Å². The molecule has 1 aromatic heterocycles. The van der Waals surface area contributed by atoms with Gasteiger partial charge in [0.2, 0.25) is 15.9 Å². The van der Waals surface area contributed by atoms with E-state index in [0.717, 1.165) is 0 Å². The van der Waals surface area contributed by atoms with Gasteiger partial charge in [-0.3, -0.25) is 4.79 Å². The number of amides is 1. The summed E-state index contributed by atoms with van der Waals surface area (Å²) in [6.45, 7) is 2.30. The lowest BCUT2D eigenvalue weighted by Crippen LogP contribution is -2.41. The fraction of sp³-hybridized carbons (Fsp3) is 0.429. The van der Waals surface area contributed by atoms with Crippen LogP contribution in [0.5, 0.6) is 0 Å². The number of hydrogen-bond donors (Lipinski definition) is 1. The van der Waals surface area contributed by atoms with Gasteiger partial charge in [0.1, 0.15) is 5.52 Å². The van der Waals surface area contributed by atoms with Gasteiger partial charge < -0.3 is 10.2 Å². The van der Waals surface area contributed by atoms with E-state index < -0.39 is 10.0 Å². The number of nitrogens with zero attached hydrogens (tertiary/aromatic N) is 2. The van der Waals surface area contributed by atoms with E-state index in [2.05, 4.69) is 4.98 Å². The number of carbonyl (C=O) groups is 1. The molecular formula is C14H17N3O4S. The SMILES string of the molecule is Cc1nc2ccc(S(=O)(=O)N3CCC(C(N)=O)CC3)cc2o1. The first-order chi connectivity index (χ1) is 10.4. The van der Waals surface area contributed by atoms with Crippen LogP contribution < -0.4 is 5.73 Å². The minimum atomic E-state index is -3.60. The van der Waals surface area contributed by atoms with E-state index >= 15 is 0 Å². The van der Waals surface area contributed by atoms with Gasteiger partial charge in [0.25, 0.3) is 0 Å². The molecule has 2 N–H and O–H groups in total. The van der Waals surface area contributed by atoms with Gasteiger partial charge in [0.15, 0.2) is 11.5 Å². The second-order valence-corrected chi connectivity index (χ2v) is 7.38. The first kappa shape index (κ1) is 15.0. The zero-order valence-electron chi connectivity index (χ0n) is 12.2. The van der Waals surface area contributed by atoms with Crippen molar-refractivity contribution >= 4 is 27.0 Å². The van der Waals surface area contributed by atoms with Crippen LogP contribution in [0.25, 0.3) is 11.1 Å². The van der Waals surface area contributed by atoms with Gasteiger partial charge in [-0.15, -0.1) is 0 Å². The van der Waals surface area contributed by atoms with E-state index in [1.165, 1.54) is 16.4 Å². The minimum Gasteiger partial charge on any atom is -0.441 e. The summed E-state index contributed by atoms with van der Waals surface area (Å²) in [5, 5.41) is 0. The van der Waals surface area contributed by atoms with Crippen molar-refractivity contribution in [2.45, 2.75) is 24.7 Å². The summed E-state index contributed by atoms with van der Waals surface area (Å²) in [6.07, 6.45) is 0.913. The lowest BCUT2D eigenvalue weighted by Gasteiger charge is -2.29. The molecule has 8 heteroatoms. The number of fused-ring (bicyclic) bond motifs is 1. The Kier molecular flexibility index (Phi) is 3.65. The second kappa shape index (κ2) is 5.36. The summed E-state index contributed by atoms with van der Waals surface area (Å²) in [7, 11) is -3.60. The lowest BCUT2D eigenvalue weighted by atomic mass is 9.98. The fourth-order valence-corrected chi connectivity index (χ4v) is 4.20. The summed E-state index contributed by atoms with van der Waals surface area (Å²) in [5.74, 6) is -0.117. The highest BCUT2D eigenvalue weighted by atomic mass is 32.2. The standard InChI is InChI=1S/C14H17N3O4S/c1-9-16-12-3-2-11(8-13(12)21-9)22(19,20)17-6-4-10(5-7-17)14(15)18/h2-3,8,10H,4-7H2,1H3,(H2,15,18). The monoisotopic (exact) mass is 323 g/mol. The summed E-state index contributed by atoms with van der Waals surface area (Å²) in [5.41, 5.74) is 6.35. The Hall–Kier alpha value is -1.93. The van der Waals surface area contributed by atoms with E-state index in [1.807, 2.05) is 0 Å². The number of piperidine rings is 1. The molecule has 0 spiro atoms. The van der Waals surface area contributed by atoms with Crippen LogP contribution in [0.3, 0.4) is 0 Å². The molecule has 1 aliphatic rings. The quantitative estimate of drug-likeness (QED) is 0.907. The first-order valence-electron chi connectivity index (χ1n) is 7.04. The molecule has 3 rings (SSSR count). The Morgan fingerprint density at radius 1 is 1.36 bits per heavy atom. The Balaban J connectivity index is 1.87. The fourth-order valence-electron chi connectivity index (χ4n) is 2.71. The molecule has 0 bridgehead atoms. The van der Waals surface area contributed by atoms with Crippen molar-refractivity contribution in [3.63, 3.8) is 0 Å². The number of primary amides is 1. The molecule has 22 heavy (non-hydrogen) atoms. The van der Waals surface area contributed by atoms with Crippen LogP contribution in [0, 0.1) is 12.8 Å². The topological polar surface area (TPSA) is 107 Å². The molecule has 1 fully saturated rings. The number of rotatable bonds is 3. The normalized spacial score (nSPS) is 17.9. The highest BCUT2D eigenvalue weighted by Gasteiger charge is 2.31. The van der Waals surface area contributed by atoms with Gasteiger partial charge in [0, 0.05) is 32.0 Å². The van der Waals surface area contributed by atoms with Gasteiger partial charge in [-0.05, 0) is 25.0 Å². The van der Waals surface area contributed by atoms with Gasteiger partial charge in [0.05, 0.1) is 4.90 Å². The van der Waals surface area contributed by atoms with Gasteiger partial charge in [-0.2, -0.15) is 4.31 Å². The smallest absolute Gasteiger partial charge is 0.243 e. The summed E-state index contributed by atoms with van der Waals surface area (Å²) < 4.78 is 32.1. The Morgan fingerprint density at radius 2 is 2.05 bits per heavy atom. The molecule has 0 unspecified atom stereocenters. The molecule has 1 aromatic carbocycles. The predicted octanol–water partition coefficient (Wildman–Crippen LogP) is 1.02. The van der Waals surface area contributed by atoms with Crippen LogP contribution in [0.4, 0.5) is 0 Å². The van der Waals surface area contributed by atoms with Crippen molar-refractivity contribution in [2.75, 3.05) is 13.1 Å². The predicted molar refractivity (Wildman–Crippen MR) is 79.4 cm³/mol. The highest BCUT2D eigenvalue weighted by Crippen LogP contribution is 2.26. The van der Waals surface area contributed by atoms with Crippen molar-refractivity contribution in [1.82, 2.24) is 9.29 Å². The number of nitrogens with two attached hydrogens (primary N) is 1. The molecule has 2 heterocycles.